The number of tetrazole rings is 1. The van der Waals surface area contributed by atoms with E-state index in [0.717, 1.165) is 16.6 Å². The molecule has 112 valence electrons. The number of carboxylic acid groups (broad SMARTS) is 1. The van der Waals surface area contributed by atoms with E-state index in [4.69, 9.17) is 0 Å². The molecule has 2 aromatic heterocycles. The molecule has 8 heteroatoms. The van der Waals surface area contributed by atoms with Crippen LogP contribution in [0, 0.1) is 5.92 Å². The van der Waals surface area contributed by atoms with Gasteiger partial charge in [0.1, 0.15) is 4.60 Å². The Morgan fingerprint density at radius 2 is 2.29 bits per heavy atom. The van der Waals surface area contributed by atoms with E-state index in [1.165, 1.54) is 0 Å². The largest absolute Gasteiger partial charge is 0.481 e. The van der Waals surface area contributed by atoms with Gasteiger partial charge in [0.2, 0.25) is 0 Å². The molecule has 0 saturated carbocycles. The third kappa shape index (κ3) is 4.07. The molecule has 0 spiro atoms. The van der Waals surface area contributed by atoms with Crippen LogP contribution in [0.4, 0.5) is 0 Å². The lowest BCUT2D eigenvalue weighted by Crippen LogP contribution is -2.25. The van der Waals surface area contributed by atoms with E-state index in [1.807, 2.05) is 19.1 Å². The van der Waals surface area contributed by atoms with Crippen molar-refractivity contribution in [3.8, 4) is 0 Å². The lowest BCUT2D eigenvalue weighted by Gasteiger charge is -2.20. The summed E-state index contributed by atoms with van der Waals surface area (Å²) in [6.45, 7) is 1.96. The van der Waals surface area contributed by atoms with Crippen LogP contribution in [0.1, 0.15) is 37.1 Å². The summed E-state index contributed by atoms with van der Waals surface area (Å²) >= 11 is 3.28. The Bertz CT molecular complexity index is 573. The molecule has 0 aromatic carbocycles. The Balaban J connectivity index is 2.27. The standard InChI is InChI=1S/C13H16BrN5O2/c1-2-3-9(13(20)21)10(12-16-18-19-17-12)6-8-4-5-11(14)15-7-8/h4-5,7,9-10H,2-3,6H2,1H3,(H,20,21)(H,16,17,18,19)/t9-,10-/m0/s1. The van der Waals surface area contributed by atoms with Crippen LogP contribution in [0.25, 0.3) is 0 Å². The molecule has 0 unspecified atom stereocenters. The third-order valence-electron chi connectivity index (χ3n) is 3.34. The maximum atomic E-state index is 11.6. The average molecular weight is 354 g/mol. The summed E-state index contributed by atoms with van der Waals surface area (Å²) < 4.78 is 0.741. The molecule has 7 nitrogen and oxygen atoms in total. The molecule has 0 fully saturated rings. The molecular formula is C13H16BrN5O2. The van der Waals surface area contributed by atoms with Crippen molar-refractivity contribution in [2.75, 3.05) is 0 Å². The van der Waals surface area contributed by atoms with E-state index in [-0.39, 0.29) is 5.92 Å². The van der Waals surface area contributed by atoms with Gasteiger partial charge in [0.25, 0.3) is 0 Å². The van der Waals surface area contributed by atoms with Gasteiger partial charge in [-0.15, -0.1) is 10.2 Å². The second-order valence-corrected chi connectivity index (χ2v) is 5.62. The van der Waals surface area contributed by atoms with Crippen molar-refractivity contribution in [3.05, 3.63) is 34.3 Å². The number of hydrogen-bond donors (Lipinski definition) is 2. The molecule has 0 saturated heterocycles. The first-order chi connectivity index (χ1) is 10.1. The highest BCUT2D eigenvalue weighted by Gasteiger charge is 2.31. The van der Waals surface area contributed by atoms with E-state index < -0.39 is 11.9 Å². The molecule has 2 heterocycles. The number of nitrogens with one attached hydrogen (secondary N) is 1. The predicted molar refractivity (Wildman–Crippen MR) is 78.6 cm³/mol. The van der Waals surface area contributed by atoms with Crippen molar-refractivity contribution in [1.29, 1.82) is 0 Å². The van der Waals surface area contributed by atoms with Gasteiger partial charge < -0.3 is 5.11 Å². The Labute approximate surface area is 130 Å². The first-order valence-electron chi connectivity index (χ1n) is 6.68. The zero-order valence-electron chi connectivity index (χ0n) is 11.5. The number of hydrogen-bond acceptors (Lipinski definition) is 5. The lowest BCUT2D eigenvalue weighted by molar-refractivity contribution is -0.142. The average Bonchev–Trinajstić information content (AvgIpc) is 2.98. The van der Waals surface area contributed by atoms with Gasteiger partial charge in [-0.25, -0.2) is 4.98 Å². The summed E-state index contributed by atoms with van der Waals surface area (Å²) in [6.07, 6.45) is 3.58. The minimum atomic E-state index is -0.836. The molecule has 0 amide bonds. The fraction of sp³-hybridized carbons (Fsp3) is 0.462. The molecule has 2 atom stereocenters. The number of halogens is 1. The van der Waals surface area contributed by atoms with Gasteiger partial charge in [-0.05, 0) is 40.4 Å². The highest BCUT2D eigenvalue weighted by atomic mass is 79.9. The van der Waals surface area contributed by atoms with Crippen molar-refractivity contribution in [3.63, 3.8) is 0 Å². The fourth-order valence-corrected chi connectivity index (χ4v) is 2.56. The Morgan fingerprint density at radius 1 is 1.48 bits per heavy atom. The monoisotopic (exact) mass is 353 g/mol. The molecule has 21 heavy (non-hydrogen) atoms. The predicted octanol–water partition coefficient (Wildman–Crippen LogP) is 2.18. The minimum Gasteiger partial charge on any atom is -0.481 e. The van der Waals surface area contributed by atoms with Gasteiger partial charge in [-0.1, -0.05) is 24.6 Å². The lowest BCUT2D eigenvalue weighted by atomic mass is 9.83. The van der Waals surface area contributed by atoms with Gasteiger partial charge >= 0.3 is 5.97 Å². The molecule has 0 aliphatic heterocycles. The van der Waals surface area contributed by atoms with Crippen molar-refractivity contribution < 1.29 is 9.90 Å². The van der Waals surface area contributed by atoms with Crippen molar-refractivity contribution in [1.82, 2.24) is 25.6 Å². The van der Waals surface area contributed by atoms with Crippen LogP contribution in [-0.4, -0.2) is 36.7 Å². The maximum Gasteiger partial charge on any atom is 0.307 e. The number of nitrogens with zero attached hydrogens (tertiary/aromatic N) is 4. The number of carboxylic acids is 1. The summed E-state index contributed by atoms with van der Waals surface area (Å²) in [6, 6.07) is 3.74. The quantitative estimate of drug-likeness (QED) is 0.739. The summed E-state index contributed by atoms with van der Waals surface area (Å²) in [5.74, 6) is -1.28. The maximum absolute atomic E-state index is 11.6. The van der Waals surface area contributed by atoms with Gasteiger partial charge in [-0.2, -0.15) is 5.21 Å². The molecule has 0 bridgehead atoms. The van der Waals surface area contributed by atoms with Gasteiger partial charge in [-0.3, -0.25) is 4.79 Å². The number of aromatic nitrogens is 5. The van der Waals surface area contributed by atoms with E-state index in [0.29, 0.717) is 18.7 Å². The molecule has 0 radical (unpaired) electrons. The zero-order valence-corrected chi connectivity index (χ0v) is 13.1. The summed E-state index contributed by atoms with van der Waals surface area (Å²) in [7, 11) is 0. The minimum absolute atomic E-state index is 0.329. The van der Waals surface area contributed by atoms with E-state index in [9.17, 15) is 9.90 Å². The zero-order chi connectivity index (χ0) is 15.2. The van der Waals surface area contributed by atoms with Gasteiger partial charge in [0.15, 0.2) is 5.82 Å². The molecule has 0 aliphatic rings. The van der Waals surface area contributed by atoms with E-state index >= 15 is 0 Å². The van der Waals surface area contributed by atoms with Crippen LogP contribution >= 0.6 is 15.9 Å². The SMILES string of the molecule is CCC[C@H](C(=O)O)[C@H](Cc1ccc(Br)nc1)c1nn[nH]n1. The summed E-state index contributed by atoms with van der Waals surface area (Å²) in [5, 5.41) is 23.4. The Hall–Kier alpha value is -1.83. The van der Waals surface area contributed by atoms with Crippen molar-refractivity contribution in [2.45, 2.75) is 32.1 Å². The highest BCUT2D eigenvalue weighted by molar-refractivity contribution is 9.10. The van der Waals surface area contributed by atoms with Crippen molar-refractivity contribution >= 4 is 21.9 Å². The third-order valence-corrected chi connectivity index (χ3v) is 3.81. The molecular weight excluding hydrogens is 338 g/mol. The number of rotatable bonds is 7. The smallest absolute Gasteiger partial charge is 0.307 e. The highest BCUT2D eigenvalue weighted by Crippen LogP contribution is 2.29. The summed E-state index contributed by atoms with van der Waals surface area (Å²) in [5.41, 5.74) is 0.940. The van der Waals surface area contributed by atoms with E-state index in [1.54, 1.807) is 6.20 Å². The fourth-order valence-electron chi connectivity index (χ4n) is 2.33. The number of aromatic amines is 1. The molecule has 2 rings (SSSR count). The molecule has 0 aliphatic carbocycles. The number of H-pyrrole nitrogens is 1. The molecule has 2 N–H and O–H groups in total. The number of carbonyl (C=O) groups is 1. The van der Waals surface area contributed by atoms with Crippen LogP contribution in [-0.2, 0) is 11.2 Å². The second-order valence-electron chi connectivity index (χ2n) is 4.80. The topological polar surface area (TPSA) is 105 Å². The number of aliphatic carboxylic acids is 1. The first-order valence-corrected chi connectivity index (χ1v) is 7.47. The van der Waals surface area contributed by atoms with Crippen LogP contribution in [0.5, 0.6) is 0 Å². The van der Waals surface area contributed by atoms with Crippen molar-refractivity contribution in [2.24, 2.45) is 5.92 Å². The van der Waals surface area contributed by atoms with E-state index in [2.05, 4.69) is 41.5 Å². The van der Waals surface area contributed by atoms with Gasteiger partial charge in [0, 0.05) is 12.1 Å². The Morgan fingerprint density at radius 3 is 2.81 bits per heavy atom. The van der Waals surface area contributed by atoms with Crippen LogP contribution in [0.15, 0.2) is 22.9 Å². The Kier molecular flexibility index (Phi) is 5.38. The normalized spacial score (nSPS) is 13.8. The van der Waals surface area contributed by atoms with Crippen LogP contribution in [0.2, 0.25) is 0 Å². The first kappa shape index (κ1) is 15.6. The molecule has 2 aromatic rings. The van der Waals surface area contributed by atoms with Crippen LogP contribution in [0.3, 0.4) is 0 Å². The summed E-state index contributed by atoms with van der Waals surface area (Å²) in [4.78, 5) is 15.7. The van der Waals surface area contributed by atoms with Gasteiger partial charge in [0.05, 0.1) is 5.92 Å². The van der Waals surface area contributed by atoms with Crippen LogP contribution < -0.4 is 0 Å². The number of pyridine rings is 1. The second kappa shape index (κ2) is 7.26.